The van der Waals surface area contributed by atoms with Gasteiger partial charge in [-0.25, -0.2) is 4.98 Å². The number of H-pyrrole nitrogens is 1. The molecule has 2 aromatic carbocycles. The summed E-state index contributed by atoms with van der Waals surface area (Å²) in [7, 11) is 1.66. The minimum Gasteiger partial charge on any atom is -0.497 e. The SMILES string of the molecule is COc1ccc2nc(-c3ccc(OC(C)(C)C)cc3)[nH]c2c1. The summed E-state index contributed by atoms with van der Waals surface area (Å²) >= 11 is 0. The number of ether oxygens (including phenoxy) is 2. The molecular formula is C18H20N2O2. The Balaban J connectivity index is 1.90. The second-order valence-corrected chi connectivity index (χ2v) is 6.21. The Bertz CT molecular complexity index is 783. The van der Waals surface area contributed by atoms with Crippen molar-refractivity contribution in [2.75, 3.05) is 7.11 Å². The Kier molecular flexibility index (Phi) is 3.53. The fourth-order valence-corrected chi connectivity index (χ4v) is 2.29. The third-order valence-corrected chi connectivity index (χ3v) is 3.24. The molecule has 0 aliphatic heterocycles. The molecule has 0 amide bonds. The van der Waals surface area contributed by atoms with Gasteiger partial charge in [-0.2, -0.15) is 0 Å². The fourth-order valence-electron chi connectivity index (χ4n) is 2.29. The van der Waals surface area contributed by atoms with E-state index in [1.807, 2.05) is 63.2 Å². The van der Waals surface area contributed by atoms with Crippen molar-refractivity contribution in [2.45, 2.75) is 26.4 Å². The molecule has 1 N–H and O–H groups in total. The standard InChI is InChI=1S/C18H20N2O2/c1-18(2,3)22-13-7-5-12(6-8-13)17-19-15-10-9-14(21-4)11-16(15)20-17/h5-11H,1-4H3,(H,19,20). The van der Waals surface area contributed by atoms with Crippen LogP contribution in [0.25, 0.3) is 22.4 Å². The van der Waals surface area contributed by atoms with Gasteiger partial charge in [-0.1, -0.05) is 0 Å². The Hall–Kier alpha value is -2.49. The van der Waals surface area contributed by atoms with Crippen molar-refractivity contribution in [3.8, 4) is 22.9 Å². The van der Waals surface area contributed by atoms with E-state index < -0.39 is 0 Å². The van der Waals surface area contributed by atoms with Crippen LogP contribution in [0.15, 0.2) is 42.5 Å². The van der Waals surface area contributed by atoms with Crippen molar-refractivity contribution in [2.24, 2.45) is 0 Å². The molecule has 3 rings (SSSR count). The highest BCUT2D eigenvalue weighted by Crippen LogP contribution is 2.26. The highest BCUT2D eigenvalue weighted by atomic mass is 16.5. The van der Waals surface area contributed by atoms with E-state index in [9.17, 15) is 0 Å². The number of aromatic nitrogens is 2. The van der Waals surface area contributed by atoms with E-state index in [1.165, 1.54) is 0 Å². The van der Waals surface area contributed by atoms with E-state index in [2.05, 4.69) is 9.97 Å². The molecule has 0 aliphatic carbocycles. The largest absolute Gasteiger partial charge is 0.497 e. The van der Waals surface area contributed by atoms with Gasteiger partial charge in [0.2, 0.25) is 0 Å². The van der Waals surface area contributed by atoms with Gasteiger partial charge in [-0.05, 0) is 57.2 Å². The summed E-state index contributed by atoms with van der Waals surface area (Å²) in [4.78, 5) is 7.93. The molecule has 0 unspecified atom stereocenters. The molecule has 114 valence electrons. The Morgan fingerprint density at radius 1 is 0.955 bits per heavy atom. The van der Waals surface area contributed by atoms with Crippen LogP contribution in [0.3, 0.4) is 0 Å². The third-order valence-electron chi connectivity index (χ3n) is 3.24. The molecule has 0 saturated carbocycles. The fraction of sp³-hybridized carbons (Fsp3) is 0.278. The van der Waals surface area contributed by atoms with Crippen LogP contribution in [0, 0.1) is 0 Å². The summed E-state index contributed by atoms with van der Waals surface area (Å²) in [5.74, 6) is 2.51. The first-order chi connectivity index (χ1) is 10.4. The second-order valence-electron chi connectivity index (χ2n) is 6.21. The summed E-state index contributed by atoms with van der Waals surface area (Å²) < 4.78 is 11.1. The maximum absolute atomic E-state index is 5.83. The van der Waals surface area contributed by atoms with Gasteiger partial charge in [0.1, 0.15) is 22.9 Å². The summed E-state index contributed by atoms with van der Waals surface area (Å²) in [6.07, 6.45) is 0. The van der Waals surface area contributed by atoms with Crippen LogP contribution in [0.4, 0.5) is 0 Å². The van der Waals surface area contributed by atoms with Gasteiger partial charge in [0.25, 0.3) is 0 Å². The van der Waals surface area contributed by atoms with Crippen LogP contribution in [0.5, 0.6) is 11.5 Å². The van der Waals surface area contributed by atoms with Gasteiger partial charge in [0, 0.05) is 11.6 Å². The highest BCUT2D eigenvalue weighted by Gasteiger charge is 2.12. The molecule has 0 radical (unpaired) electrons. The lowest BCUT2D eigenvalue weighted by atomic mass is 10.1. The van der Waals surface area contributed by atoms with E-state index in [4.69, 9.17) is 9.47 Å². The predicted octanol–water partition coefficient (Wildman–Crippen LogP) is 4.42. The summed E-state index contributed by atoms with van der Waals surface area (Å²) in [5.41, 5.74) is 2.71. The van der Waals surface area contributed by atoms with Crippen molar-refractivity contribution >= 4 is 11.0 Å². The lowest BCUT2D eigenvalue weighted by molar-refractivity contribution is 0.131. The number of imidazole rings is 1. The number of nitrogens with zero attached hydrogens (tertiary/aromatic N) is 1. The summed E-state index contributed by atoms with van der Waals surface area (Å²) in [6, 6.07) is 13.8. The topological polar surface area (TPSA) is 47.1 Å². The maximum Gasteiger partial charge on any atom is 0.138 e. The molecule has 3 aromatic rings. The van der Waals surface area contributed by atoms with Crippen molar-refractivity contribution < 1.29 is 9.47 Å². The third kappa shape index (κ3) is 3.06. The number of benzene rings is 2. The van der Waals surface area contributed by atoms with E-state index >= 15 is 0 Å². The van der Waals surface area contributed by atoms with Gasteiger partial charge in [0.15, 0.2) is 0 Å². The molecule has 0 aliphatic rings. The molecule has 0 saturated heterocycles. The predicted molar refractivity (Wildman–Crippen MR) is 88.5 cm³/mol. The van der Waals surface area contributed by atoms with Crippen molar-refractivity contribution in [3.63, 3.8) is 0 Å². The van der Waals surface area contributed by atoms with Gasteiger partial charge >= 0.3 is 0 Å². The van der Waals surface area contributed by atoms with Crippen molar-refractivity contribution in [1.82, 2.24) is 9.97 Å². The molecule has 22 heavy (non-hydrogen) atoms. The number of rotatable bonds is 3. The van der Waals surface area contributed by atoms with Gasteiger partial charge in [0.05, 0.1) is 18.1 Å². The molecule has 1 aromatic heterocycles. The van der Waals surface area contributed by atoms with Crippen LogP contribution >= 0.6 is 0 Å². The zero-order valence-corrected chi connectivity index (χ0v) is 13.3. The molecule has 0 bridgehead atoms. The van der Waals surface area contributed by atoms with Gasteiger partial charge in [-0.15, -0.1) is 0 Å². The van der Waals surface area contributed by atoms with Crippen LogP contribution < -0.4 is 9.47 Å². The first kappa shape index (κ1) is 14.4. The lowest BCUT2D eigenvalue weighted by Gasteiger charge is -2.21. The number of hydrogen-bond acceptors (Lipinski definition) is 3. The zero-order chi connectivity index (χ0) is 15.7. The Labute approximate surface area is 130 Å². The van der Waals surface area contributed by atoms with Gasteiger partial charge < -0.3 is 14.5 Å². The van der Waals surface area contributed by atoms with E-state index in [0.717, 1.165) is 33.9 Å². The smallest absolute Gasteiger partial charge is 0.138 e. The molecular weight excluding hydrogens is 276 g/mol. The monoisotopic (exact) mass is 296 g/mol. The maximum atomic E-state index is 5.83. The highest BCUT2D eigenvalue weighted by molar-refractivity contribution is 5.80. The van der Waals surface area contributed by atoms with Crippen LogP contribution in [0.2, 0.25) is 0 Å². The lowest BCUT2D eigenvalue weighted by Crippen LogP contribution is -2.22. The first-order valence-electron chi connectivity index (χ1n) is 7.28. The number of fused-ring (bicyclic) bond motifs is 1. The van der Waals surface area contributed by atoms with Crippen LogP contribution in [-0.4, -0.2) is 22.7 Å². The average Bonchev–Trinajstić information content (AvgIpc) is 2.89. The van der Waals surface area contributed by atoms with Crippen LogP contribution in [-0.2, 0) is 0 Å². The minimum absolute atomic E-state index is 0.197. The molecule has 0 fully saturated rings. The average molecular weight is 296 g/mol. The number of hydrogen-bond donors (Lipinski definition) is 1. The minimum atomic E-state index is -0.197. The van der Waals surface area contributed by atoms with E-state index in [1.54, 1.807) is 7.11 Å². The zero-order valence-electron chi connectivity index (χ0n) is 13.3. The van der Waals surface area contributed by atoms with E-state index in [0.29, 0.717) is 0 Å². The molecule has 4 nitrogen and oxygen atoms in total. The summed E-state index contributed by atoms with van der Waals surface area (Å²) in [6.45, 7) is 6.11. The number of methoxy groups -OCH3 is 1. The number of aromatic amines is 1. The Morgan fingerprint density at radius 2 is 1.64 bits per heavy atom. The molecule has 1 heterocycles. The number of nitrogens with one attached hydrogen (secondary N) is 1. The van der Waals surface area contributed by atoms with Crippen molar-refractivity contribution in [3.05, 3.63) is 42.5 Å². The molecule has 0 atom stereocenters. The van der Waals surface area contributed by atoms with Crippen molar-refractivity contribution in [1.29, 1.82) is 0 Å². The van der Waals surface area contributed by atoms with E-state index in [-0.39, 0.29) is 5.60 Å². The van der Waals surface area contributed by atoms with Gasteiger partial charge in [-0.3, -0.25) is 0 Å². The second kappa shape index (κ2) is 5.37. The first-order valence-corrected chi connectivity index (χ1v) is 7.28. The van der Waals surface area contributed by atoms with Crippen LogP contribution in [0.1, 0.15) is 20.8 Å². The molecule has 4 heteroatoms. The molecule has 0 spiro atoms. The Morgan fingerprint density at radius 3 is 2.27 bits per heavy atom. The quantitative estimate of drug-likeness (QED) is 0.778. The normalized spacial score (nSPS) is 11.6. The summed E-state index contributed by atoms with van der Waals surface area (Å²) in [5, 5.41) is 0.